The third kappa shape index (κ3) is 4.63. The first-order valence-corrected chi connectivity index (χ1v) is 10.0. The van der Waals surface area contributed by atoms with Crippen LogP contribution in [0.3, 0.4) is 0 Å². The highest BCUT2D eigenvalue weighted by Gasteiger charge is 2.56. The van der Waals surface area contributed by atoms with Crippen LogP contribution >= 0.6 is 0 Å². The van der Waals surface area contributed by atoms with E-state index < -0.39 is 29.7 Å². The molecule has 6 unspecified atom stereocenters. The van der Waals surface area contributed by atoms with E-state index in [4.69, 9.17) is 19.1 Å². The lowest BCUT2D eigenvalue weighted by Crippen LogP contribution is -2.37. The minimum Gasteiger partial charge on any atom is -0.454 e. The molecule has 3 rings (SSSR count). The lowest BCUT2D eigenvalue weighted by molar-refractivity contribution is -0.303. The highest BCUT2D eigenvalue weighted by Crippen LogP contribution is 2.47. The topological polar surface area (TPSA) is 94.6 Å². The zero-order chi connectivity index (χ0) is 21.4. The fourth-order valence-electron chi connectivity index (χ4n) is 4.18. The molecule has 2 saturated heterocycles. The quantitative estimate of drug-likeness (QED) is 0.187. The zero-order valence-electron chi connectivity index (χ0n) is 17.5. The SMILES string of the molecule is C=C1C(=O)OC2C1CC1OC1(C)CC=CC(C)(OO)CCC=C(C)C2OC(C)=O. The Balaban J connectivity index is 1.95. The maximum Gasteiger partial charge on any atom is 0.334 e. The molecule has 0 aromatic heterocycles. The minimum absolute atomic E-state index is 0.0718. The van der Waals surface area contributed by atoms with E-state index in [0.717, 1.165) is 5.57 Å². The number of carbonyl (C=O) groups excluding carboxylic acids is 2. The van der Waals surface area contributed by atoms with Crippen LogP contribution in [0.4, 0.5) is 0 Å². The molecule has 0 saturated carbocycles. The molecule has 7 nitrogen and oxygen atoms in total. The fourth-order valence-corrected chi connectivity index (χ4v) is 4.18. The summed E-state index contributed by atoms with van der Waals surface area (Å²) in [4.78, 5) is 28.7. The molecule has 3 aliphatic rings. The Morgan fingerprint density at radius 2 is 2.10 bits per heavy atom. The van der Waals surface area contributed by atoms with Gasteiger partial charge in [-0.1, -0.05) is 24.8 Å². The van der Waals surface area contributed by atoms with Gasteiger partial charge >= 0.3 is 11.9 Å². The summed E-state index contributed by atoms with van der Waals surface area (Å²) in [5, 5.41) is 9.37. The Hall–Kier alpha value is -1.96. The van der Waals surface area contributed by atoms with Gasteiger partial charge < -0.3 is 14.2 Å². The van der Waals surface area contributed by atoms with E-state index in [1.54, 1.807) is 6.92 Å². The number of esters is 2. The molecule has 2 heterocycles. The Kier molecular flexibility index (Phi) is 6.03. The van der Waals surface area contributed by atoms with Gasteiger partial charge in [-0.2, -0.15) is 0 Å². The Bertz CT molecular complexity index is 754. The molecule has 6 atom stereocenters. The minimum atomic E-state index is -0.838. The summed E-state index contributed by atoms with van der Waals surface area (Å²) in [5.41, 5.74) is -0.0370. The Morgan fingerprint density at radius 3 is 2.76 bits per heavy atom. The molecular weight excluding hydrogens is 376 g/mol. The second kappa shape index (κ2) is 8.05. The third-order valence-corrected chi connectivity index (χ3v) is 6.20. The highest BCUT2D eigenvalue weighted by molar-refractivity contribution is 5.91. The highest BCUT2D eigenvalue weighted by atomic mass is 17.1. The van der Waals surface area contributed by atoms with Crippen molar-refractivity contribution in [3.63, 3.8) is 0 Å². The molecule has 0 aromatic rings. The van der Waals surface area contributed by atoms with Crippen molar-refractivity contribution in [1.82, 2.24) is 0 Å². The lowest BCUT2D eigenvalue weighted by atomic mass is 9.84. The van der Waals surface area contributed by atoms with Gasteiger partial charge in [0.2, 0.25) is 0 Å². The van der Waals surface area contributed by atoms with Crippen LogP contribution in [0.1, 0.15) is 53.4 Å². The number of rotatable bonds is 2. The van der Waals surface area contributed by atoms with Crippen molar-refractivity contribution in [2.24, 2.45) is 5.92 Å². The van der Waals surface area contributed by atoms with E-state index >= 15 is 0 Å². The lowest BCUT2D eigenvalue weighted by Gasteiger charge is -2.28. The van der Waals surface area contributed by atoms with Crippen molar-refractivity contribution in [1.29, 1.82) is 0 Å². The van der Waals surface area contributed by atoms with Crippen molar-refractivity contribution in [3.8, 4) is 0 Å². The third-order valence-electron chi connectivity index (χ3n) is 6.20. The van der Waals surface area contributed by atoms with Gasteiger partial charge in [0.25, 0.3) is 0 Å². The summed E-state index contributed by atoms with van der Waals surface area (Å²) in [6, 6.07) is 0. The van der Waals surface area contributed by atoms with Crippen LogP contribution in [0.5, 0.6) is 0 Å². The molecular formula is C22H30O7. The monoisotopic (exact) mass is 406 g/mol. The van der Waals surface area contributed by atoms with E-state index in [1.807, 2.05) is 32.1 Å². The molecule has 2 aliphatic heterocycles. The van der Waals surface area contributed by atoms with Crippen LogP contribution < -0.4 is 0 Å². The number of hydrogen-bond donors (Lipinski definition) is 1. The molecule has 2 fully saturated rings. The van der Waals surface area contributed by atoms with Crippen LogP contribution in [-0.2, 0) is 28.7 Å². The molecule has 1 aliphatic carbocycles. The van der Waals surface area contributed by atoms with Gasteiger partial charge in [0, 0.05) is 18.4 Å². The van der Waals surface area contributed by atoms with Crippen LogP contribution in [0.15, 0.2) is 36.0 Å². The van der Waals surface area contributed by atoms with Gasteiger partial charge in [-0.05, 0) is 52.0 Å². The summed E-state index contributed by atoms with van der Waals surface area (Å²) in [5.74, 6) is -1.20. The van der Waals surface area contributed by atoms with Gasteiger partial charge in [0.05, 0.1) is 11.7 Å². The second-order valence-corrected chi connectivity index (χ2v) is 8.68. The van der Waals surface area contributed by atoms with Crippen molar-refractivity contribution < 1.29 is 33.9 Å². The summed E-state index contributed by atoms with van der Waals surface area (Å²) in [6.45, 7) is 10.9. The number of carbonyl (C=O) groups is 2. The molecule has 0 bridgehead atoms. The molecule has 29 heavy (non-hydrogen) atoms. The number of ether oxygens (including phenoxy) is 3. The summed E-state index contributed by atoms with van der Waals surface area (Å²) < 4.78 is 17.1. The molecule has 0 aromatic carbocycles. The van der Waals surface area contributed by atoms with Crippen LogP contribution in [0, 0.1) is 5.92 Å². The van der Waals surface area contributed by atoms with Crippen molar-refractivity contribution in [2.45, 2.75) is 82.9 Å². The summed E-state index contributed by atoms with van der Waals surface area (Å²) >= 11 is 0. The maximum absolute atomic E-state index is 12.3. The maximum atomic E-state index is 12.3. The van der Waals surface area contributed by atoms with Crippen molar-refractivity contribution in [3.05, 3.63) is 36.0 Å². The van der Waals surface area contributed by atoms with Crippen molar-refractivity contribution in [2.75, 3.05) is 0 Å². The van der Waals surface area contributed by atoms with E-state index in [1.165, 1.54) is 6.92 Å². The predicted molar refractivity (Wildman–Crippen MR) is 105 cm³/mol. The molecule has 7 heteroatoms. The van der Waals surface area contributed by atoms with E-state index in [0.29, 0.717) is 31.3 Å². The molecule has 160 valence electrons. The van der Waals surface area contributed by atoms with E-state index in [2.05, 4.69) is 6.58 Å². The average molecular weight is 406 g/mol. The van der Waals surface area contributed by atoms with Gasteiger partial charge in [-0.15, -0.1) is 0 Å². The van der Waals surface area contributed by atoms with E-state index in [9.17, 15) is 14.8 Å². The smallest absolute Gasteiger partial charge is 0.334 e. The molecule has 1 N–H and O–H groups in total. The van der Waals surface area contributed by atoms with Gasteiger partial charge in [-0.25, -0.2) is 9.68 Å². The van der Waals surface area contributed by atoms with Gasteiger partial charge in [-0.3, -0.25) is 10.1 Å². The van der Waals surface area contributed by atoms with Crippen LogP contribution in [0.2, 0.25) is 0 Å². The van der Waals surface area contributed by atoms with Gasteiger partial charge in [0.15, 0.2) is 6.10 Å². The first-order chi connectivity index (χ1) is 13.6. The molecule has 0 radical (unpaired) electrons. The largest absolute Gasteiger partial charge is 0.454 e. The first kappa shape index (κ1) is 21.7. The molecule has 0 spiro atoms. The predicted octanol–water partition coefficient (Wildman–Crippen LogP) is 3.50. The summed E-state index contributed by atoms with van der Waals surface area (Å²) in [7, 11) is 0. The summed E-state index contributed by atoms with van der Waals surface area (Å²) in [6.07, 6.45) is 6.62. The second-order valence-electron chi connectivity index (χ2n) is 8.68. The standard InChI is InChI=1S/C22H30O7/c1-13-8-6-9-21(4,29-25)10-7-11-22(5)17(28-22)12-16-14(2)20(24)27-19(16)18(13)26-15(3)23/h7-8,10,16-19,25H,2,6,9,11-12H2,1,3-5H3. The van der Waals surface area contributed by atoms with Crippen molar-refractivity contribution >= 4 is 11.9 Å². The Labute approximate surface area is 171 Å². The van der Waals surface area contributed by atoms with Crippen LogP contribution in [0.25, 0.3) is 0 Å². The molecule has 0 amide bonds. The normalized spacial score (nSPS) is 40.2. The number of epoxide rings is 1. The number of allylic oxidation sites excluding steroid dienone is 1. The number of fused-ring (bicyclic) bond motifs is 2. The average Bonchev–Trinajstić information content (AvgIpc) is 3.21. The van der Waals surface area contributed by atoms with E-state index in [-0.39, 0.29) is 17.6 Å². The first-order valence-electron chi connectivity index (χ1n) is 10.0. The van der Waals surface area contributed by atoms with Crippen LogP contribution in [-0.4, -0.2) is 46.7 Å². The fraction of sp³-hybridized carbons (Fsp3) is 0.636. The van der Waals surface area contributed by atoms with Gasteiger partial charge in [0.1, 0.15) is 11.7 Å². The zero-order valence-corrected chi connectivity index (χ0v) is 17.5. The Morgan fingerprint density at radius 1 is 1.38 bits per heavy atom. The number of hydrogen-bond acceptors (Lipinski definition) is 7.